The number of aryl methyl sites for hydroxylation is 1. The Morgan fingerprint density at radius 1 is 0.946 bits per heavy atom. The Kier molecular flexibility index (Phi) is 10.1. The molecule has 0 aromatic heterocycles. The van der Waals surface area contributed by atoms with Gasteiger partial charge in [0.25, 0.3) is 0 Å². The maximum absolute atomic E-state index is 13.8. The molecule has 2 amide bonds. The number of nitrogens with one attached hydrogen (secondary N) is 1. The van der Waals surface area contributed by atoms with E-state index in [9.17, 15) is 9.59 Å². The van der Waals surface area contributed by atoms with Gasteiger partial charge in [0, 0.05) is 28.9 Å². The Hall–Kier alpha value is -2.76. The number of hydrogen-bond donors (Lipinski definition) is 1. The molecule has 194 valence electrons. The van der Waals surface area contributed by atoms with Crippen molar-refractivity contribution >= 4 is 35.2 Å². The van der Waals surface area contributed by atoms with Crippen molar-refractivity contribution < 1.29 is 9.59 Å². The van der Waals surface area contributed by atoms with Gasteiger partial charge >= 0.3 is 0 Å². The number of thioether (sulfide) groups is 1. The molecule has 0 bridgehead atoms. The molecule has 0 radical (unpaired) electrons. The van der Waals surface area contributed by atoms with Gasteiger partial charge in [0.2, 0.25) is 11.8 Å². The predicted octanol–water partition coefficient (Wildman–Crippen LogP) is 6.83. The van der Waals surface area contributed by atoms with Crippen molar-refractivity contribution in [2.24, 2.45) is 0 Å². The molecule has 3 aromatic rings. The van der Waals surface area contributed by atoms with Gasteiger partial charge < -0.3 is 10.2 Å². The van der Waals surface area contributed by atoms with E-state index in [0.29, 0.717) is 18.0 Å². The first kappa shape index (κ1) is 27.3. The van der Waals surface area contributed by atoms with Crippen LogP contribution in [0.2, 0.25) is 5.02 Å². The van der Waals surface area contributed by atoms with Crippen LogP contribution in [0.5, 0.6) is 0 Å². The molecule has 0 saturated heterocycles. The van der Waals surface area contributed by atoms with Gasteiger partial charge in [0.05, 0.1) is 5.75 Å². The van der Waals surface area contributed by atoms with Crippen LogP contribution < -0.4 is 5.32 Å². The second kappa shape index (κ2) is 13.7. The van der Waals surface area contributed by atoms with Gasteiger partial charge in [0.15, 0.2) is 0 Å². The normalized spacial score (nSPS) is 14.6. The molecule has 1 fully saturated rings. The topological polar surface area (TPSA) is 49.4 Å². The molecule has 1 aliphatic rings. The van der Waals surface area contributed by atoms with Gasteiger partial charge in [-0.05, 0) is 55.2 Å². The minimum Gasteiger partial charge on any atom is -0.352 e. The highest BCUT2D eigenvalue weighted by Crippen LogP contribution is 2.24. The zero-order valence-corrected chi connectivity index (χ0v) is 22.9. The third kappa shape index (κ3) is 8.37. The lowest BCUT2D eigenvalue weighted by atomic mass is 9.94. The third-order valence-corrected chi connectivity index (χ3v) is 8.08. The predicted molar refractivity (Wildman–Crippen MR) is 153 cm³/mol. The van der Waals surface area contributed by atoms with E-state index in [2.05, 4.69) is 11.4 Å². The monoisotopic (exact) mass is 534 g/mol. The number of rotatable bonds is 10. The molecule has 6 heteroatoms. The van der Waals surface area contributed by atoms with Gasteiger partial charge in [-0.2, -0.15) is 0 Å². The van der Waals surface area contributed by atoms with Crippen LogP contribution in [0.3, 0.4) is 0 Å². The van der Waals surface area contributed by atoms with Crippen molar-refractivity contribution in [3.05, 3.63) is 101 Å². The number of carbonyl (C=O) groups excluding carboxylic acids is 2. The molecule has 4 nitrogen and oxygen atoms in total. The van der Waals surface area contributed by atoms with Gasteiger partial charge in [0.1, 0.15) is 6.04 Å². The molecule has 0 unspecified atom stereocenters. The molecular formula is C31H35ClN2O2S. The van der Waals surface area contributed by atoms with Crippen LogP contribution >= 0.6 is 23.4 Å². The Morgan fingerprint density at radius 3 is 2.35 bits per heavy atom. The smallest absolute Gasteiger partial charge is 0.243 e. The van der Waals surface area contributed by atoms with Crippen molar-refractivity contribution in [3.8, 4) is 0 Å². The Bertz CT molecular complexity index is 1160. The van der Waals surface area contributed by atoms with Gasteiger partial charge in [-0.25, -0.2) is 0 Å². The summed E-state index contributed by atoms with van der Waals surface area (Å²) in [4.78, 5) is 30.4. The van der Waals surface area contributed by atoms with Crippen LogP contribution in [0.4, 0.5) is 0 Å². The fraction of sp³-hybridized carbons (Fsp3) is 0.355. The Labute approximate surface area is 229 Å². The minimum absolute atomic E-state index is 0.0545. The van der Waals surface area contributed by atoms with Crippen LogP contribution in [-0.2, 0) is 22.6 Å². The van der Waals surface area contributed by atoms with Gasteiger partial charge in [-0.3, -0.25) is 9.59 Å². The number of carbonyl (C=O) groups is 2. The highest BCUT2D eigenvalue weighted by atomic mass is 35.5. The second-order valence-electron chi connectivity index (χ2n) is 9.80. The van der Waals surface area contributed by atoms with E-state index in [1.165, 1.54) is 18.2 Å². The van der Waals surface area contributed by atoms with Crippen molar-refractivity contribution in [1.82, 2.24) is 10.2 Å². The molecule has 4 rings (SSSR count). The lowest BCUT2D eigenvalue weighted by Gasteiger charge is -2.33. The van der Waals surface area contributed by atoms with Crippen molar-refractivity contribution in [3.63, 3.8) is 0 Å². The van der Waals surface area contributed by atoms with E-state index >= 15 is 0 Å². The fourth-order valence-electron chi connectivity index (χ4n) is 4.86. The van der Waals surface area contributed by atoms with Gasteiger partial charge in [-0.1, -0.05) is 91.0 Å². The molecule has 1 aliphatic carbocycles. The van der Waals surface area contributed by atoms with Gasteiger partial charge in [-0.15, -0.1) is 11.8 Å². The second-order valence-corrected chi connectivity index (χ2v) is 11.3. The van der Waals surface area contributed by atoms with Crippen LogP contribution in [0, 0.1) is 6.92 Å². The summed E-state index contributed by atoms with van der Waals surface area (Å²) in [5.74, 6) is 0.129. The number of nitrogens with zero attached hydrogens (tertiary/aromatic N) is 1. The maximum Gasteiger partial charge on any atom is 0.243 e. The summed E-state index contributed by atoms with van der Waals surface area (Å²) in [5, 5.41) is 3.96. The van der Waals surface area contributed by atoms with Crippen molar-refractivity contribution in [2.45, 2.75) is 69.0 Å². The summed E-state index contributed by atoms with van der Waals surface area (Å²) < 4.78 is 0. The van der Waals surface area contributed by atoms with E-state index in [1.54, 1.807) is 4.90 Å². The van der Waals surface area contributed by atoms with Crippen molar-refractivity contribution in [2.75, 3.05) is 5.75 Å². The lowest BCUT2D eigenvalue weighted by molar-refractivity contribution is -0.139. The molecule has 1 N–H and O–H groups in total. The average molecular weight is 535 g/mol. The van der Waals surface area contributed by atoms with Crippen molar-refractivity contribution in [1.29, 1.82) is 0 Å². The first-order valence-corrected chi connectivity index (χ1v) is 14.4. The summed E-state index contributed by atoms with van der Waals surface area (Å²) in [7, 11) is 0. The quantitative estimate of drug-likeness (QED) is 0.290. The largest absolute Gasteiger partial charge is 0.352 e. The maximum atomic E-state index is 13.8. The summed E-state index contributed by atoms with van der Waals surface area (Å²) in [6.45, 7) is 2.43. The summed E-state index contributed by atoms with van der Waals surface area (Å²) in [5.41, 5.74) is 3.19. The third-order valence-electron chi connectivity index (χ3n) is 6.83. The Morgan fingerprint density at radius 2 is 1.65 bits per heavy atom. The molecule has 0 heterocycles. The summed E-state index contributed by atoms with van der Waals surface area (Å²) >= 11 is 7.50. The number of hydrogen-bond acceptors (Lipinski definition) is 3. The standard InChI is InChI=1S/C31H35ClN2O2S/c1-23-9-8-12-25(19-23)21-34(30(35)22-37-28-17-15-26(32)16-18-28)29(20-24-10-4-2-5-11-24)31(36)33-27-13-6-3-7-14-27/h2,4-5,8-12,15-19,27,29H,3,6-7,13-14,20-22H2,1H3,(H,33,36)/t29-/m0/s1. The molecule has 37 heavy (non-hydrogen) atoms. The fourth-order valence-corrected chi connectivity index (χ4v) is 5.77. The number of benzene rings is 3. The highest BCUT2D eigenvalue weighted by molar-refractivity contribution is 8.00. The highest BCUT2D eigenvalue weighted by Gasteiger charge is 2.32. The van der Waals surface area contributed by atoms with E-state index in [4.69, 9.17) is 11.6 Å². The molecule has 0 aliphatic heterocycles. The molecule has 1 atom stereocenters. The molecule has 3 aromatic carbocycles. The molecule has 0 spiro atoms. The SMILES string of the molecule is Cc1cccc(CN(C(=O)CSc2ccc(Cl)cc2)[C@@H](Cc2ccccc2)C(=O)NC2CCCCC2)c1. The summed E-state index contributed by atoms with van der Waals surface area (Å²) in [6.07, 6.45) is 5.97. The number of halogens is 1. The van der Waals surface area contributed by atoms with E-state index < -0.39 is 6.04 Å². The average Bonchev–Trinajstić information content (AvgIpc) is 2.91. The minimum atomic E-state index is -0.594. The van der Waals surface area contributed by atoms with Crippen LogP contribution in [-0.4, -0.2) is 34.6 Å². The summed E-state index contributed by atoms with van der Waals surface area (Å²) in [6, 6.07) is 25.2. The van der Waals surface area contributed by atoms with E-state index in [1.807, 2.05) is 79.7 Å². The zero-order valence-electron chi connectivity index (χ0n) is 21.4. The lowest BCUT2D eigenvalue weighted by Crippen LogP contribution is -2.53. The van der Waals surface area contributed by atoms with E-state index in [-0.39, 0.29) is 23.6 Å². The first-order chi connectivity index (χ1) is 18.0. The molecular weight excluding hydrogens is 500 g/mol. The Balaban J connectivity index is 1.60. The number of amides is 2. The zero-order chi connectivity index (χ0) is 26.0. The first-order valence-electron chi connectivity index (χ1n) is 13.1. The van der Waals surface area contributed by atoms with E-state index in [0.717, 1.165) is 47.3 Å². The van der Waals surface area contributed by atoms with Crippen LogP contribution in [0.15, 0.2) is 83.8 Å². The van der Waals surface area contributed by atoms with Crippen LogP contribution in [0.25, 0.3) is 0 Å². The van der Waals surface area contributed by atoms with Crippen LogP contribution in [0.1, 0.15) is 48.8 Å². The molecule has 1 saturated carbocycles.